The molecule has 0 saturated heterocycles. The second-order valence-electron chi connectivity index (χ2n) is 16.4. The molecule has 8 aromatic rings. The minimum absolute atomic E-state index is 0.119. The van der Waals surface area contributed by atoms with E-state index in [2.05, 4.69) is 0 Å². The number of aromatic hydroxyl groups is 6. The van der Waals surface area contributed by atoms with Crippen molar-refractivity contribution >= 4 is 23.5 Å². The fraction of sp³-hybridized carbons (Fsp3) is 0.0714. The van der Waals surface area contributed by atoms with Crippen LogP contribution in [0.25, 0.3) is 0 Å². The summed E-state index contributed by atoms with van der Waals surface area (Å²) in [6.07, 6.45) is 0. The minimum Gasteiger partial charge on any atom is -0.508 e. The molecule has 2 heterocycles. The molecule has 0 aromatic heterocycles. The van der Waals surface area contributed by atoms with E-state index in [1.165, 1.54) is 18.2 Å². The van der Waals surface area contributed by atoms with Crippen LogP contribution in [0, 0.1) is 13.8 Å². The molecular formula is C56H40O12. The number of cyclic esters (lactones) is 2. The molecule has 12 heteroatoms. The first kappa shape index (κ1) is 44.1. The summed E-state index contributed by atoms with van der Waals surface area (Å²) in [5.41, 5.74) is 5.19. The predicted octanol–water partition coefficient (Wildman–Crippen LogP) is 9.61. The van der Waals surface area contributed by atoms with E-state index >= 15 is 0 Å². The van der Waals surface area contributed by atoms with E-state index in [9.17, 15) is 49.8 Å². The van der Waals surface area contributed by atoms with Gasteiger partial charge in [-0.1, -0.05) is 97.1 Å². The number of carbonyl (C=O) groups excluding carboxylic acids is 4. The third-order valence-corrected chi connectivity index (χ3v) is 12.3. The van der Waals surface area contributed by atoms with Crippen LogP contribution in [0.4, 0.5) is 0 Å². The fourth-order valence-corrected chi connectivity index (χ4v) is 8.92. The van der Waals surface area contributed by atoms with Crippen molar-refractivity contribution in [1.29, 1.82) is 0 Å². The van der Waals surface area contributed by atoms with Crippen LogP contribution in [0.3, 0.4) is 0 Å². The first-order valence-corrected chi connectivity index (χ1v) is 21.2. The van der Waals surface area contributed by atoms with Gasteiger partial charge in [-0.25, -0.2) is 9.59 Å². The van der Waals surface area contributed by atoms with E-state index in [4.69, 9.17) is 9.47 Å². The molecule has 11 rings (SSSR count). The highest BCUT2D eigenvalue weighted by molar-refractivity contribution is 6.29. The Balaban J connectivity index is 0.000000130. The van der Waals surface area contributed by atoms with Crippen LogP contribution in [0.15, 0.2) is 170 Å². The van der Waals surface area contributed by atoms with Crippen molar-refractivity contribution in [2.45, 2.75) is 25.0 Å². The van der Waals surface area contributed by atoms with Crippen LogP contribution < -0.4 is 0 Å². The molecule has 0 unspecified atom stereocenters. The fourth-order valence-electron chi connectivity index (χ4n) is 8.92. The second-order valence-corrected chi connectivity index (χ2v) is 16.4. The summed E-state index contributed by atoms with van der Waals surface area (Å²) in [6.45, 7) is 3.61. The maximum atomic E-state index is 12.6. The number of rotatable bonds is 4. The number of hydrogen-bond acceptors (Lipinski definition) is 12. The van der Waals surface area contributed by atoms with Crippen LogP contribution in [0.2, 0.25) is 0 Å². The number of aryl methyl sites for hydroxylation is 2. The maximum Gasteiger partial charge on any atom is 0.340 e. The lowest BCUT2D eigenvalue weighted by molar-refractivity contribution is 0.0242. The zero-order chi connectivity index (χ0) is 48.1. The molecule has 8 aromatic carbocycles. The smallest absolute Gasteiger partial charge is 0.340 e. The van der Waals surface area contributed by atoms with Crippen molar-refractivity contribution in [2.24, 2.45) is 0 Å². The molecule has 0 atom stereocenters. The van der Waals surface area contributed by atoms with Crippen LogP contribution >= 0.6 is 0 Å². The zero-order valence-corrected chi connectivity index (χ0v) is 36.3. The standard InChI is InChI=1S/C22H18O4.C20H14O4.C14H8O4/c1-13-11-15(7-9-19(13)23)22(16-8-10-20(24)14(2)12-16)18-6-4-3-5-17(18)21(25)26-22;21-15-9-5-13(6-10-15)20(14-7-11-16(22)12-8-14)18-4-2-1-3-17(18)19(23)24-20;15-10-6-5-9-11(14(10)18)13(17)8-4-2-1-3-7(8)12(9)16/h3-12,23-24H,1-2H3;1-12,21-22H;1-6,15,18H. The SMILES string of the molecule is Cc1cc(C2(c3ccc(O)c(C)c3)OC(=O)c3ccccc32)ccc1O.O=C1OC(c2ccc(O)cc2)(c2ccc(O)cc2)c2ccccc21.O=C1c2ccccc2C(=O)c2c1ccc(O)c2O. The highest BCUT2D eigenvalue weighted by atomic mass is 16.6. The van der Waals surface area contributed by atoms with Crippen LogP contribution in [0.1, 0.15) is 97.1 Å². The summed E-state index contributed by atoms with van der Waals surface area (Å²) in [5.74, 6) is -1.87. The van der Waals surface area contributed by atoms with Gasteiger partial charge >= 0.3 is 11.9 Å². The average molecular weight is 905 g/mol. The topological polar surface area (TPSA) is 208 Å². The highest BCUT2D eigenvalue weighted by Gasteiger charge is 2.50. The predicted molar refractivity (Wildman–Crippen MR) is 248 cm³/mol. The summed E-state index contributed by atoms with van der Waals surface area (Å²) >= 11 is 0. The van der Waals surface area contributed by atoms with Crippen molar-refractivity contribution in [2.75, 3.05) is 0 Å². The Morgan fingerprint density at radius 1 is 0.368 bits per heavy atom. The summed E-state index contributed by atoms with van der Waals surface area (Å²) < 4.78 is 11.8. The second kappa shape index (κ2) is 17.0. The third kappa shape index (κ3) is 7.20. The molecule has 0 bridgehead atoms. The number of phenolic OH excluding ortho intramolecular Hbond substituents is 6. The number of benzene rings is 8. The van der Waals surface area contributed by atoms with Gasteiger partial charge in [0.15, 0.2) is 34.3 Å². The summed E-state index contributed by atoms with van der Waals surface area (Å²) in [6, 6.07) is 47.1. The van der Waals surface area contributed by atoms with Gasteiger partial charge in [0, 0.05) is 50.1 Å². The Bertz CT molecular complexity index is 3260. The molecule has 3 aliphatic rings. The van der Waals surface area contributed by atoms with Crippen molar-refractivity contribution < 1.29 is 59.3 Å². The summed E-state index contributed by atoms with van der Waals surface area (Å²) in [4.78, 5) is 49.4. The van der Waals surface area contributed by atoms with Gasteiger partial charge in [-0.15, -0.1) is 0 Å². The first-order chi connectivity index (χ1) is 32.6. The first-order valence-electron chi connectivity index (χ1n) is 21.2. The zero-order valence-electron chi connectivity index (χ0n) is 36.3. The van der Waals surface area contributed by atoms with Crippen molar-refractivity contribution in [1.82, 2.24) is 0 Å². The van der Waals surface area contributed by atoms with E-state index in [1.807, 2.05) is 36.4 Å². The lowest BCUT2D eigenvalue weighted by Crippen LogP contribution is -2.29. The van der Waals surface area contributed by atoms with Crippen LogP contribution in [0.5, 0.6) is 34.5 Å². The molecular weight excluding hydrogens is 865 g/mol. The van der Waals surface area contributed by atoms with Crippen molar-refractivity contribution in [3.63, 3.8) is 0 Å². The monoisotopic (exact) mass is 904 g/mol. The molecule has 1 aliphatic carbocycles. The van der Waals surface area contributed by atoms with Gasteiger partial charge < -0.3 is 40.1 Å². The maximum absolute atomic E-state index is 12.6. The number of fused-ring (bicyclic) bond motifs is 4. The van der Waals surface area contributed by atoms with Gasteiger partial charge in [-0.05, 0) is 97.8 Å². The number of esters is 2. The molecule has 6 N–H and O–H groups in total. The van der Waals surface area contributed by atoms with Gasteiger partial charge in [0.25, 0.3) is 0 Å². The molecule has 0 spiro atoms. The minimum atomic E-state index is -1.12. The number of ether oxygens (including phenoxy) is 2. The van der Waals surface area contributed by atoms with E-state index in [0.29, 0.717) is 27.8 Å². The number of carbonyl (C=O) groups is 4. The van der Waals surface area contributed by atoms with Gasteiger partial charge in [0.05, 0.1) is 16.7 Å². The summed E-state index contributed by atoms with van der Waals surface area (Å²) in [5, 5.41) is 58.2. The largest absolute Gasteiger partial charge is 0.508 e. The Morgan fingerprint density at radius 2 is 0.735 bits per heavy atom. The molecule has 0 radical (unpaired) electrons. The number of phenols is 6. The highest BCUT2D eigenvalue weighted by Crippen LogP contribution is 2.49. The van der Waals surface area contributed by atoms with Gasteiger partial charge in [-0.3, -0.25) is 9.59 Å². The quantitative estimate of drug-likeness (QED) is 0.0721. The molecule has 336 valence electrons. The van der Waals surface area contributed by atoms with Crippen LogP contribution in [-0.4, -0.2) is 54.1 Å². The molecule has 12 nitrogen and oxygen atoms in total. The Morgan fingerprint density at radius 3 is 1.18 bits per heavy atom. The Kier molecular flexibility index (Phi) is 11.0. The van der Waals surface area contributed by atoms with E-state index in [0.717, 1.165) is 33.4 Å². The van der Waals surface area contributed by atoms with Crippen molar-refractivity contribution in [3.8, 4) is 34.5 Å². The molecule has 68 heavy (non-hydrogen) atoms. The van der Waals surface area contributed by atoms with Gasteiger partial charge in [0.2, 0.25) is 0 Å². The molecule has 2 aliphatic heterocycles. The molecule has 0 amide bonds. The summed E-state index contributed by atoms with van der Waals surface area (Å²) in [7, 11) is 0. The Labute approximate surface area is 388 Å². The van der Waals surface area contributed by atoms with E-state index in [-0.39, 0.29) is 45.5 Å². The molecule has 0 fully saturated rings. The lowest BCUT2D eigenvalue weighted by atomic mass is 9.79. The van der Waals surface area contributed by atoms with Crippen LogP contribution in [-0.2, 0) is 20.7 Å². The molecule has 0 saturated carbocycles. The lowest BCUT2D eigenvalue weighted by Gasteiger charge is -2.31. The number of hydrogen-bond donors (Lipinski definition) is 6. The normalized spacial score (nSPS) is 14.4. The third-order valence-electron chi connectivity index (χ3n) is 12.3. The van der Waals surface area contributed by atoms with E-state index < -0.39 is 40.4 Å². The van der Waals surface area contributed by atoms with Gasteiger partial charge in [0.1, 0.15) is 23.0 Å². The van der Waals surface area contributed by atoms with Gasteiger partial charge in [-0.2, -0.15) is 0 Å². The average Bonchev–Trinajstić information content (AvgIpc) is 3.83. The Hall–Kier alpha value is -9.16. The van der Waals surface area contributed by atoms with Crippen molar-refractivity contribution in [3.05, 3.63) is 248 Å². The van der Waals surface area contributed by atoms with E-state index in [1.54, 1.807) is 129 Å². The number of ketones is 2.